The van der Waals surface area contributed by atoms with E-state index in [9.17, 15) is 0 Å². The van der Waals surface area contributed by atoms with Gasteiger partial charge >= 0.3 is 0 Å². The summed E-state index contributed by atoms with van der Waals surface area (Å²) in [6.45, 7) is 1.21. The van der Waals surface area contributed by atoms with Crippen molar-refractivity contribution in [2.45, 2.75) is 13.0 Å². The lowest BCUT2D eigenvalue weighted by Gasteiger charge is -2.17. The van der Waals surface area contributed by atoms with Gasteiger partial charge < -0.3 is 10.5 Å². The summed E-state index contributed by atoms with van der Waals surface area (Å²) in [6, 6.07) is 14.5. The Balaban J connectivity index is 1.86. The second-order valence-corrected chi connectivity index (χ2v) is 5.22. The van der Waals surface area contributed by atoms with Crippen LogP contribution < -0.4 is 5.73 Å². The Morgan fingerprint density at radius 1 is 1.00 bits per heavy atom. The summed E-state index contributed by atoms with van der Waals surface area (Å²) in [5.41, 5.74) is 9.00. The fourth-order valence-electron chi connectivity index (χ4n) is 2.71. The molecule has 4 heteroatoms. The maximum atomic E-state index is 6.06. The third kappa shape index (κ3) is 2.14. The molecule has 2 heterocycles. The average Bonchev–Trinajstić information content (AvgIpc) is 2.54. The first-order valence-electron chi connectivity index (χ1n) is 7.03. The topological polar surface area (TPSA) is 61.0 Å². The number of hydrogen-bond donors (Lipinski definition) is 1. The number of nitrogens with two attached hydrogens (primary N) is 1. The van der Waals surface area contributed by atoms with Crippen molar-refractivity contribution >= 4 is 16.6 Å². The zero-order valence-electron chi connectivity index (χ0n) is 11.5. The van der Waals surface area contributed by atoms with Crippen molar-refractivity contribution in [3.63, 3.8) is 0 Å². The van der Waals surface area contributed by atoms with E-state index in [1.54, 1.807) is 0 Å². The van der Waals surface area contributed by atoms with Gasteiger partial charge in [0.15, 0.2) is 5.82 Å². The summed E-state index contributed by atoms with van der Waals surface area (Å²) in [7, 11) is 0. The highest BCUT2D eigenvalue weighted by Crippen LogP contribution is 2.26. The van der Waals surface area contributed by atoms with Gasteiger partial charge in [-0.25, -0.2) is 9.97 Å². The summed E-state index contributed by atoms with van der Waals surface area (Å²) in [5, 5.41) is 2.39. The smallest absolute Gasteiger partial charge is 0.161 e. The molecule has 104 valence electrons. The molecule has 0 atom stereocenters. The number of anilines is 1. The van der Waals surface area contributed by atoms with Gasteiger partial charge in [-0.2, -0.15) is 0 Å². The van der Waals surface area contributed by atoms with Crippen LogP contribution in [0.25, 0.3) is 22.2 Å². The van der Waals surface area contributed by atoms with Gasteiger partial charge in [-0.05, 0) is 16.8 Å². The van der Waals surface area contributed by atoms with Crippen LogP contribution in [0.4, 0.5) is 5.82 Å². The maximum absolute atomic E-state index is 6.06. The molecule has 2 N–H and O–H groups in total. The van der Waals surface area contributed by atoms with Crippen LogP contribution in [-0.4, -0.2) is 16.6 Å². The third-order valence-corrected chi connectivity index (χ3v) is 3.86. The molecule has 0 amide bonds. The molecule has 0 saturated heterocycles. The first kappa shape index (κ1) is 12.3. The molecule has 4 rings (SSSR count). The molecule has 21 heavy (non-hydrogen) atoms. The van der Waals surface area contributed by atoms with Crippen LogP contribution in [0.5, 0.6) is 0 Å². The van der Waals surface area contributed by atoms with Crippen LogP contribution in [-0.2, 0) is 17.8 Å². The Kier molecular flexibility index (Phi) is 2.82. The van der Waals surface area contributed by atoms with Gasteiger partial charge in [0.05, 0.1) is 18.9 Å². The number of aromatic nitrogens is 2. The fourth-order valence-corrected chi connectivity index (χ4v) is 2.71. The normalized spacial score (nSPS) is 14.1. The third-order valence-electron chi connectivity index (χ3n) is 3.86. The molecule has 1 aliphatic heterocycles. The minimum atomic E-state index is 0.513. The number of ether oxygens (including phenoxy) is 1. The van der Waals surface area contributed by atoms with Crippen LogP contribution in [0.2, 0.25) is 0 Å². The Morgan fingerprint density at radius 2 is 1.86 bits per heavy atom. The van der Waals surface area contributed by atoms with Crippen molar-refractivity contribution in [1.82, 2.24) is 9.97 Å². The summed E-state index contributed by atoms with van der Waals surface area (Å²) in [4.78, 5) is 9.13. The lowest BCUT2D eigenvalue weighted by Crippen LogP contribution is -2.16. The van der Waals surface area contributed by atoms with Gasteiger partial charge in [-0.1, -0.05) is 36.4 Å². The number of rotatable bonds is 1. The van der Waals surface area contributed by atoms with E-state index in [-0.39, 0.29) is 0 Å². The Bertz CT molecular complexity index is 829. The predicted octanol–water partition coefficient (Wildman–Crippen LogP) is 2.95. The number of nitrogen functional groups attached to an aromatic ring is 1. The first-order valence-corrected chi connectivity index (χ1v) is 7.03. The Labute approximate surface area is 122 Å². The van der Waals surface area contributed by atoms with E-state index in [2.05, 4.69) is 34.2 Å². The molecule has 1 aromatic heterocycles. The standard InChI is InChI=1S/C17H15N3O/c18-16-14-10-21-8-7-15(14)19-17(20-16)13-6-5-11-3-1-2-4-12(11)9-13/h1-6,9H,7-8,10H2,(H2,18,19,20). The number of nitrogens with zero attached hydrogens (tertiary/aromatic N) is 2. The molecular formula is C17H15N3O. The van der Waals surface area contributed by atoms with E-state index in [1.165, 1.54) is 10.8 Å². The zero-order chi connectivity index (χ0) is 14.2. The highest BCUT2D eigenvalue weighted by atomic mass is 16.5. The lowest BCUT2D eigenvalue weighted by atomic mass is 10.1. The average molecular weight is 277 g/mol. The molecule has 0 spiro atoms. The van der Waals surface area contributed by atoms with Crippen LogP contribution >= 0.6 is 0 Å². The molecule has 0 fully saturated rings. The first-order chi connectivity index (χ1) is 10.3. The molecule has 0 aliphatic carbocycles. The molecule has 0 unspecified atom stereocenters. The second-order valence-electron chi connectivity index (χ2n) is 5.22. The molecule has 1 aliphatic rings. The number of benzene rings is 2. The van der Waals surface area contributed by atoms with E-state index < -0.39 is 0 Å². The van der Waals surface area contributed by atoms with Crippen LogP contribution in [0.15, 0.2) is 42.5 Å². The van der Waals surface area contributed by atoms with Gasteiger partial charge in [0.25, 0.3) is 0 Å². The Morgan fingerprint density at radius 3 is 2.76 bits per heavy atom. The minimum absolute atomic E-state index is 0.513. The predicted molar refractivity (Wildman–Crippen MR) is 82.7 cm³/mol. The quantitative estimate of drug-likeness (QED) is 0.743. The molecular weight excluding hydrogens is 262 g/mol. The van der Waals surface area contributed by atoms with Crippen molar-refractivity contribution in [2.24, 2.45) is 0 Å². The maximum Gasteiger partial charge on any atom is 0.161 e. The molecule has 0 saturated carbocycles. The van der Waals surface area contributed by atoms with Crippen LogP contribution in [0.1, 0.15) is 11.3 Å². The SMILES string of the molecule is Nc1nc(-c2ccc3ccccc3c2)nc2c1COCC2. The highest BCUT2D eigenvalue weighted by molar-refractivity contribution is 5.86. The summed E-state index contributed by atoms with van der Waals surface area (Å²) in [6.07, 6.45) is 0.794. The van der Waals surface area contributed by atoms with E-state index >= 15 is 0 Å². The minimum Gasteiger partial charge on any atom is -0.383 e. The van der Waals surface area contributed by atoms with Crippen molar-refractivity contribution in [2.75, 3.05) is 12.3 Å². The largest absolute Gasteiger partial charge is 0.383 e. The van der Waals surface area contributed by atoms with Crippen LogP contribution in [0.3, 0.4) is 0 Å². The van der Waals surface area contributed by atoms with E-state index in [0.717, 1.165) is 23.2 Å². The highest BCUT2D eigenvalue weighted by Gasteiger charge is 2.17. The summed E-state index contributed by atoms with van der Waals surface area (Å²) >= 11 is 0. The number of fused-ring (bicyclic) bond motifs is 2. The lowest BCUT2D eigenvalue weighted by molar-refractivity contribution is 0.109. The summed E-state index contributed by atoms with van der Waals surface area (Å²) in [5.74, 6) is 1.22. The fraction of sp³-hybridized carbons (Fsp3) is 0.176. The Hall–Kier alpha value is -2.46. The monoisotopic (exact) mass is 277 g/mol. The van der Waals surface area contributed by atoms with Crippen molar-refractivity contribution in [3.8, 4) is 11.4 Å². The number of hydrogen-bond acceptors (Lipinski definition) is 4. The van der Waals surface area contributed by atoms with E-state index in [1.807, 2.05) is 18.2 Å². The van der Waals surface area contributed by atoms with Gasteiger partial charge in [-0.3, -0.25) is 0 Å². The zero-order valence-corrected chi connectivity index (χ0v) is 11.5. The molecule has 2 aromatic carbocycles. The van der Waals surface area contributed by atoms with Gasteiger partial charge in [0.1, 0.15) is 5.82 Å². The van der Waals surface area contributed by atoms with Crippen LogP contribution in [0, 0.1) is 0 Å². The van der Waals surface area contributed by atoms with Crippen molar-refractivity contribution in [3.05, 3.63) is 53.7 Å². The van der Waals surface area contributed by atoms with E-state index in [0.29, 0.717) is 24.9 Å². The van der Waals surface area contributed by atoms with Gasteiger partial charge in [-0.15, -0.1) is 0 Å². The molecule has 0 bridgehead atoms. The molecule has 0 radical (unpaired) electrons. The molecule has 4 nitrogen and oxygen atoms in total. The van der Waals surface area contributed by atoms with Crippen molar-refractivity contribution < 1.29 is 4.74 Å². The molecule has 3 aromatic rings. The van der Waals surface area contributed by atoms with Gasteiger partial charge in [0, 0.05) is 17.5 Å². The van der Waals surface area contributed by atoms with Gasteiger partial charge in [0.2, 0.25) is 0 Å². The van der Waals surface area contributed by atoms with Crippen molar-refractivity contribution in [1.29, 1.82) is 0 Å². The van der Waals surface area contributed by atoms with E-state index in [4.69, 9.17) is 10.5 Å². The second kappa shape index (κ2) is 4.82. The summed E-state index contributed by atoms with van der Waals surface area (Å²) < 4.78 is 5.42.